The standard InChI is InChI=1S/C15H25N3O2.HI/c1-4-5-6-7-10-17-15(16)18-13-11-12(19-2)8-9-14(13)20-3;/h8-9,11H,4-7,10H2,1-3H3,(H3,16,17,18);1H. The van der Waals surface area contributed by atoms with Crippen molar-refractivity contribution in [3.8, 4) is 11.5 Å². The number of aliphatic imine (C=N–C) groups is 1. The Kier molecular flexibility index (Phi) is 10.8. The molecule has 0 unspecified atom stereocenters. The van der Waals surface area contributed by atoms with Crippen molar-refractivity contribution in [2.75, 3.05) is 26.1 Å². The lowest BCUT2D eigenvalue weighted by Crippen LogP contribution is -2.23. The topological polar surface area (TPSA) is 68.9 Å². The van der Waals surface area contributed by atoms with E-state index < -0.39 is 0 Å². The Labute approximate surface area is 144 Å². The summed E-state index contributed by atoms with van der Waals surface area (Å²) in [6.07, 6.45) is 4.71. The Morgan fingerprint density at radius 1 is 1.19 bits per heavy atom. The van der Waals surface area contributed by atoms with Crippen LogP contribution >= 0.6 is 24.0 Å². The summed E-state index contributed by atoms with van der Waals surface area (Å²) in [7, 11) is 3.24. The van der Waals surface area contributed by atoms with Crippen molar-refractivity contribution in [2.45, 2.75) is 32.6 Å². The van der Waals surface area contributed by atoms with E-state index in [2.05, 4.69) is 17.2 Å². The average Bonchev–Trinajstić information content (AvgIpc) is 2.47. The number of benzene rings is 1. The van der Waals surface area contributed by atoms with Crippen LogP contribution in [0.5, 0.6) is 11.5 Å². The number of nitrogens with two attached hydrogens (primary N) is 1. The van der Waals surface area contributed by atoms with Gasteiger partial charge in [0, 0.05) is 12.6 Å². The van der Waals surface area contributed by atoms with Gasteiger partial charge in [-0.3, -0.25) is 4.99 Å². The molecule has 21 heavy (non-hydrogen) atoms. The maximum atomic E-state index is 5.88. The van der Waals surface area contributed by atoms with Gasteiger partial charge in [-0.25, -0.2) is 0 Å². The first kappa shape index (κ1) is 19.8. The quantitative estimate of drug-likeness (QED) is 0.299. The van der Waals surface area contributed by atoms with Gasteiger partial charge in [0.2, 0.25) is 0 Å². The first-order valence-electron chi connectivity index (χ1n) is 7.00. The van der Waals surface area contributed by atoms with Crippen molar-refractivity contribution in [3.05, 3.63) is 18.2 Å². The predicted octanol–water partition coefficient (Wildman–Crippen LogP) is 3.63. The molecular weight excluding hydrogens is 381 g/mol. The third-order valence-electron chi connectivity index (χ3n) is 2.96. The van der Waals surface area contributed by atoms with Gasteiger partial charge in [0.15, 0.2) is 5.96 Å². The van der Waals surface area contributed by atoms with E-state index in [1.807, 2.05) is 18.2 Å². The van der Waals surface area contributed by atoms with Crippen molar-refractivity contribution in [2.24, 2.45) is 10.7 Å². The van der Waals surface area contributed by atoms with Crippen LogP contribution in [0.2, 0.25) is 0 Å². The van der Waals surface area contributed by atoms with Crippen LogP contribution in [0.15, 0.2) is 23.2 Å². The molecule has 1 aromatic rings. The lowest BCUT2D eigenvalue weighted by molar-refractivity contribution is 0.405. The van der Waals surface area contributed by atoms with E-state index in [0.29, 0.717) is 11.7 Å². The smallest absolute Gasteiger partial charge is 0.193 e. The van der Waals surface area contributed by atoms with E-state index >= 15 is 0 Å². The van der Waals surface area contributed by atoms with Gasteiger partial charge in [-0.2, -0.15) is 0 Å². The number of rotatable bonds is 8. The van der Waals surface area contributed by atoms with Crippen LogP contribution < -0.4 is 20.5 Å². The number of methoxy groups -OCH3 is 2. The molecule has 0 bridgehead atoms. The number of hydrogen-bond acceptors (Lipinski definition) is 3. The van der Waals surface area contributed by atoms with E-state index in [4.69, 9.17) is 15.2 Å². The third-order valence-corrected chi connectivity index (χ3v) is 2.96. The summed E-state index contributed by atoms with van der Waals surface area (Å²) in [5.41, 5.74) is 6.63. The highest BCUT2D eigenvalue weighted by molar-refractivity contribution is 14.0. The second-order valence-electron chi connectivity index (χ2n) is 4.52. The van der Waals surface area contributed by atoms with E-state index in [1.54, 1.807) is 14.2 Å². The lowest BCUT2D eigenvalue weighted by atomic mass is 10.2. The van der Waals surface area contributed by atoms with Crippen molar-refractivity contribution in [3.63, 3.8) is 0 Å². The predicted molar refractivity (Wildman–Crippen MR) is 99.2 cm³/mol. The highest BCUT2D eigenvalue weighted by atomic mass is 127. The second-order valence-corrected chi connectivity index (χ2v) is 4.52. The molecule has 0 heterocycles. The molecule has 1 aromatic carbocycles. The Bertz CT molecular complexity index is 439. The molecule has 0 spiro atoms. The Morgan fingerprint density at radius 3 is 2.57 bits per heavy atom. The van der Waals surface area contributed by atoms with E-state index in [-0.39, 0.29) is 24.0 Å². The summed E-state index contributed by atoms with van der Waals surface area (Å²) in [5, 5.41) is 3.05. The number of nitrogens with one attached hydrogen (secondary N) is 1. The molecule has 0 aliphatic rings. The fourth-order valence-electron chi connectivity index (χ4n) is 1.83. The number of guanidine groups is 1. The summed E-state index contributed by atoms with van der Waals surface area (Å²) < 4.78 is 10.5. The van der Waals surface area contributed by atoms with Crippen molar-refractivity contribution < 1.29 is 9.47 Å². The van der Waals surface area contributed by atoms with Crippen molar-refractivity contribution in [1.82, 2.24) is 0 Å². The van der Waals surface area contributed by atoms with Crippen LogP contribution in [0.3, 0.4) is 0 Å². The first-order chi connectivity index (χ1) is 9.71. The molecule has 0 fully saturated rings. The summed E-state index contributed by atoms with van der Waals surface area (Å²) in [6.45, 7) is 2.93. The molecule has 0 radical (unpaired) electrons. The van der Waals surface area contributed by atoms with Crippen LogP contribution in [0.4, 0.5) is 5.69 Å². The zero-order valence-corrected chi connectivity index (χ0v) is 15.3. The van der Waals surface area contributed by atoms with E-state index in [1.165, 1.54) is 19.3 Å². The van der Waals surface area contributed by atoms with Crippen molar-refractivity contribution >= 4 is 35.6 Å². The van der Waals surface area contributed by atoms with Crippen LogP contribution in [0.1, 0.15) is 32.6 Å². The SMILES string of the molecule is CCCCCCN=C(N)Nc1cc(OC)ccc1OC.I. The lowest BCUT2D eigenvalue weighted by Gasteiger charge is -2.12. The molecule has 120 valence electrons. The number of ether oxygens (including phenoxy) is 2. The van der Waals surface area contributed by atoms with Crippen LogP contribution in [-0.2, 0) is 0 Å². The van der Waals surface area contributed by atoms with Crippen molar-refractivity contribution in [1.29, 1.82) is 0 Å². The zero-order chi connectivity index (χ0) is 14.8. The minimum Gasteiger partial charge on any atom is -0.497 e. The Morgan fingerprint density at radius 2 is 1.95 bits per heavy atom. The van der Waals surface area contributed by atoms with Gasteiger partial charge >= 0.3 is 0 Å². The highest BCUT2D eigenvalue weighted by Crippen LogP contribution is 2.28. The fraction of sp³-hybridized carbons (Fsp3) is 0.533. The fourth-order valence-corrected chi connectivity index (χ4v) is 1.83. The first-order valence-corrected chi connectivity index (χ1v) is 7.00. The highest BCUT2D eigenvalue weighted by Gasteiger charge is 2.05. The molecule has 0 aromatic heterocycles. The summed E-state index contributed by atoms with van der Waals surface area (Å²) in [6, 6.07) is 5.50. The zero-order valence-electron chi connectivity index (χ0n) is 13.0. The number of anilines is 1. The Hall–Kier alpha value is -1.18. The molecule has 0 saturated heterocycles. The molecule has 5 nitrogen and oxygen atoms in total. The third kappa shape index (κ3) is 7.40. The number of unbranched alkanes of at least 4 members (excludes halogenated alkanes) is 3. The molecule has 0 amide bonds. The van der Waals surface area contributed by atoms with Gasteiger partial charge in [0.05, 0.1) is 19.9 Å². The summed E-state index contributed by atoms with van der Waals surface area (Å²) >= 11 is 0. The van der Waals surface area contributed by atoms with Gasteiger partial charge in [0.1, 0.15) is 11.5 Å². The van der Waals surface area contributed by atoms with E-state index in [0.717, 1.165) is 24.4 Å². The molecule has 3 N–H and O–H groups in total. The van der Waals surface area contributed by atoms with E-state index in [9.17, 15) is 0 Å². The summed E-state index contributed by atoms with van der Waals surface area (Å²) in [4.78, 5) is 4.31. The number of nitrogens with zero attached hydrogens (tertiary/aromatic N) is 1. The van der Waals surface area contributed by atoms with Gasteiger partial charge in [-0.15, -0.1) is 24.0 Å². The van der Waals surface area contributed by atoms with Gasteiger partial charge in [0.25, 0.3) is 0 Å². The normalized spacial score (nSPS) is 10.7. The molecule has 0 atom stereocenters. The molecule has 1 rings (SSSR count). The monoisotopic (exact) mass is 407 g/mol. The Balaban J connectivity index is 0.00000400. The summed E-state index contributed by atoms with van der Waals surface area (Å²) in [5.74, 6) is 1.84. The van der Waals surface area contributed by atoms with Gasteiger partial charge in [-0.1, -0.05) is 26.2 Å². The van der Waals surface area contributed by atoms with Crippen LogP contribution in [0.25, 0.3) is 0 Å². The molecular formula is C15H26IN3O2. The number of hydrogen-bond donors (Lipinski definition) is 2. The van der Waals surface area contributed by atoms with Gasteiger partial charge < -0.3 is 20.5 Å². The van der Waals surface area contributed by atoms with Gasteiger partial charge in [-0.05, 0) is 18.6 Å². The maximum Gasteiger partial charge on any atom is 0.193 e. The molecule has 0 saturated carbocycles. The maximum absolute atomic E-state index is 5.88. The molecule has 0 aliphatic heterocycles. The largest absolute Gasteiger partial charge is 0.497 e. The second kappa shape index (κ2) is 11.5. The average molecular weight is 407 g/mol. The molecule has 6 heteroatoms. The van der Waals surface area contributed by atoms with Crippen LogP contribution in [0, 0.1) is 0 Å². The number of halogens is 1. The minimum absolute atomic E-state index is 0. The molecule has 0 aliphatic carbocycles. The van der Waals surface area contributed by atoms with Crippen LogP contribution in [-0.4, -0.2) is 26.7 Å². The minimum atomic E-state index is 0.